The fraction of sp³-hybridized carbons (Fsp3) is 0.429. The monoisotopic (exact) mass is 353 g/mol. The van der Waals surface area contributed by atoms with Crippen LogP contribution < -0.4 is 10.6 Å². The average molecular weight is 353 g/mol. The summed E-state index contributed by atoms with van der Waals surface area (Å²) in [6, 6.07) is 8.30. The third-order valence-electron chi connectivity index (χ3n) is 3.86. The Morgan fingerprint density at radius 2 is 1.96 bits per heavy atom. The second kappa shape index (κ2) is 6.90. The predicted molar refractivity (Wildman–Crippen MR) is 88.8 cm³/mol. The number of hydrogen-bond donors (Lipinski definition) is 2. The van der Waals surface area contributed by atoms with Gasteiger partial charge in [-0.15, -0.1) is 10.2 Å². The molecule has 0 spiro atoms. The lowest BCUT2D eigenvalue weighted by Crippen LogP contribution is -2.43. The Hall–Kier alpha value is -1.58. The second-order valence-corrected chi connectivity index (χ2v) is 8.42. The van der Waals surface area contributed by atoms with Gasteiger partial charge in [0.25, 0.3) is 0 Å². The van der Waals surface area contributed by atoms with E-state index < -0.39 is 10.0 Å². The van der Waals surface area contributed by atoms with Crippen LogP contribution in [0.25, 0.3) is 0 Å². The van der Waals surface area contributed by atoms with Crippen molar-refractivity contribution in [3.8, 4) is 0 Å². The molecule has 124 valence electrons. The molecule has 7 nitrogen and oxygen atoms in total. The second-order valence-electron chi connectivity index (χ2n) is 5.50. The summed E-state index contributed by atoms with van der Waals surface area (Å²) in [5.41, 5.74) is 0. The standard InChI is InChI=1S/C14H19N5O2S2/c15-19-10-16-17-14(19)22-13-9-5-4-8-12(13)18-23(20,21)11-6-2-1-3-7-11/h1-3,6-7,10,12-13,18H,4-5,8-9,15H2/t12-,13-/m1/s1. The fourth-order valence-corrected chi connectivity index (χ4v) is 5.30. The van der Waals surface area contributed by atoms with E-state index in [1.165, 1.54) is 22.8 Å². The summed E-state index contributed by atoms with van der Waals surface area (Å²) in [4.78, 5) is 0.288. The van der Waals surface area contributed by atoms with Gasteiger partial charge in [-0.2, -0.15) is 0 Å². The van der Waals surface area contributed by atoms with Crippen LogP contribution in [0.1, 0.15) is 25.7 Å². The third kappa shape index (κ3) is 3.85. The molecule has 2 aromatic rings. The normalized spacial score (nSPS) is 22.1. The van der Waals surface area contributed by atoms with E-state index in [4.69, 9.17) is 5.84 Å². The summed E-state index contributed by atoms with van der Waals surface area (Å²) in [6.45, 7) is 0. The molecule has 3 N–H and O–H groups in total. The molecule has 0 amide bonds. The van der Waals surface area contributed by atoms with E-state index in [0.29, 0.717) is 5.16 Å². The molecule has 0 saturated heterocycles. The summed E-state index contributed by atoms with van der Waals surface area (Å²) in [5.74, 6) is 5.75. The molecule has 0 bridgehead atoms. The van der Waals surface area contributed by atoms with E-state index in [-0.39, 0.29) is 16.2 Å². The minimum atomic E-state index is -3.52. The molecule has 1 heterocycles. The zero-order valence-corrected chi connectivity index (χ0v) is 14.1. The first kappa shape index (κ1) is 16.3. The number of sulfonamides is 1. The van der Waals surface area contributed by atoms with E-state index in [1.807, 2.05) is 0 Å². The molecule has 1 aromatic heterocycles. The van der Waals surface area contributed by atoms with Gasteiger partial charge < -0.3 is 5.84 Å². The van der Waals surface area contributed by atoms with Gasteiger partial charge in [-0.05, 0) is 25.0 Å². The van der Waals surface area contributed by atoms with Crippen molar-refractivity contribution < 1.29 is 8.42 Å². The van der Waals surface area contributed by atoms with Crippen molar-refractivity contribution in [3.63, 3.8) is 0 Å². The first-order valence-electron chi connectivity index (χ1n) is 7.45. The first-order chi connectivity index (χ1) is 11.1. The van der Waals surface area contributed by atoms with Crippen LogP contribution in [0.3, 0.4) is 0 Å². The maximum absolute atomic E-state index is 12.5. The van der Waals surface area contributed by atoms with Crippen LogP contribution in [0.15, 0.2) is 46.7 Å². The molecule has 0 radical (unpaired) electrons. The Labute approximate surface area is 139 Å². The minimum Gasteiger partial charge on any atom is -0.336 e. The van der Waals surface area contributed by atoms with Crippen molar-refractivity contribution in [3.05, 3.63) is 36.7 Å². The number of thioether (sulfide) groups is 1. The molecule has 2 atom stereocenters. The molecule has 23 heavy (non-hydrogen) atoms. The smallest absolute Gasteiger partial charge is 0.240 e. The Kier molecular flexibility index (Phi) is 4.88. The summed E-state index contributed by atoms with van der Waals surface area (Å²) >= 11 is 1.48. The Bertz CT molecular complexity index is 748. The summed E-state index contributed by atoms with van der Waals surface area (Å²) in [6.07, 6.45) is 5.24. The van der Waals surface area contributed by atoms with Crippen molar-refractivity contribution in [2.75, 3.05) is 5.84 Å². The Morgan fingerprint density at radius 1 is 1.22 bits per heavy atom. The quantitative estimate of drug-likeness (QED) is 0.787. The molecule has 0 unspecified atom stereocenters. The van der Waals surface area contributed by atoms with Gasteiger partial charge in [0.2, 0.25) is 15.2 Å². The van der Waals surface area contributed by atoms with Gasteiger partial charge in [-0.25, -0.2) is 17.8 Å². The lowest BCUT2D eigenvalue weighted by atomic mass is 9.96. The van der Waals surface area contributed by atoms with Gasteiger partial charge in [-0.3, -0.25) is 0 Å². The van der Waals surface area contributed by atoms with Crippen molar-refractivity contribution in [1.29, 1.82) is 0 Å². The fourth-order valence-electron chi connectivity index (χ4n) is 2.69. The Balaban J connectivity index is 1.75. The summed E-state index contributed by atoms with van der Waals surface area (Å²) < 4.78 is 29.3. The lowest BCUT2D eigenvalue weighted by molar-refractivity contribution is 0.422. The van der Waals surface area contributed by atoms with Crippen LogP contribution in [-0.2, 0) is 10.0 Å². The van der Waals surface area contributed by atoms with Crippen molar-refractivity contribution >= 4 is 21.8 Å². The highest BCUT2D eigenvalue weighted by Crippen LogP contribution is 2.33. The third-order valence-corrected chi connectivity index (χ3v) is 6.74. The summed E-state index contributed by atoms with van der Waals surface area (Å²) in [5, 5.41) is 8.42. The zero-order valence-electron chi connectivity index (χ0n) is 12.5. The molecular formula is C14H19N5O2S2. The van der Waals surface area contributed by atoms with Crippen LogP contribution in [-0.4, -0.2) is 34.6 Å². The van der Waals surface area contributed by atoms with Gasteiger partial charge in [-0.1, -0.05) is 42.8 Å². The molecular weight excluding hydrogens is 334 g/mol. The van der Waals surface area contributed by atoms with Gasteiger partial charge in [0, 0.05) is 11.3 Å². The molecule has 9 heteroatoms. The summed E-state index contributed by atoms with van der Waals surface area (Å²) in [7, 11) is -3.52. The topological polar surface area (TPSA) is 103 Å². The number of benzene rings is 1. The lowest BCUT2D eigenvalue weighted by Gasteiger charge is -2.31. The minimum absolute atomic E-state index is 0.0914. The van der Waals surface area contributed by atoms with Crippen LogP contribution in [0, 0.1) is 0 Å². The number of aromatic nitrogens is 3. The number of rotatable bonds is 5. The number of nitrogens with two attached hydrogens (primary N) is 1. The van der Waals surface area contributed by atoms with Crippen LogP contribution in [0.5, 0.6) is 0 Å². The molecule has 1 saturated carbocycles. The maximum atomic E-state index is 12.5. The molecule has 1 aliphatic carbocycles. The predicted octanol–water partition coefficient (Wildman–Crippen LogP) is 1.37. The van der Waals surface area contributed by atoms with Gasteiger partial charge in [0.15, 0.2) is 0 Å². The molecule has 3 rings (SSSR count). The van der Waals surface area contributed by atoms with E-state index in [0.717, 1.165) is 25.7 Å². The number of nitrogens with one attached hydrogen (secondary N) is 1. The highest BCUT2D eigenvalue weighted by Gasteiger charge is 2.31. The molecule has 1 aromatic carbocycles. The average Bonchev–Trinajstić information content (AvgIpc) is 2.95. The largest absolute Gasteiger partial charge is 0.336 e. The number of hydrogen-bond acceptors (Lipinski definition) is 6. The molecule has 1 fully saturated rings. The number of nitrogen functional groups attached to an aromatic ring is 1. The van der Waals surface area contributed by atoms with E-state index in [1.54, 1.807) is 30.3 Å². The maximum Gasteiger partial charge on any atom is 0.240 e. The molecule has 0 aliphatic heterocycles. The van der Waals surface area contributed by atoms with E-state index in [9.17, 15) is 8.42 Å². The molecule has 1 aliphatic rings. The highest BCUT2D eigenvalue weighted by atomic mass is 32.2. The van der Waals surface area contributed by atoms with Gasteiger partial charge in [0.05, 0.1) is 4.90 Å². The van der Waals surface area contributed by atoms with Crippen molar-refractivity contribution in [2.24, 2.45) is 0 Å². The van der Waals surface area contributed by atoms with Gasteiger partial charge >= 0.3 is 0 Å². The van der Waals surface area contributed by atoms with Crippen LogP contribution in [0.4, 0.5) is 0 Å². The zero-order chi connectivity index (χ0) is 16.3. The van der Waals surface area contributed by atoms with E-state index in [2.05, 4.69) is 14.9 Å². The van der Waals surface area contributed by atoms with Gasteiger partial charge in [0.1, 0.15) is 6.33 Å². The van der Waals surface area contributed by atoms with Crippen molar-refractivity contribution in [2.45, 2.75) is 47.0 Å². The van der Waals surface area contributed by atoms with Crippen LogP contribution in [0.2, 0.25) is 0 Å². The highest BCUT2D eigenvalue weighted by molar-refractivity contribution is 7.99. The first-order valence-corrected chi connectivity index (χ1v) is 9.82. The SMILES string of the molecule is Nn1cnnc1S[C@@H]1CCCC[C@H]1NS(=O)(=O)c1ccccc1. The van der Waals surface area contributed by atoms with E-state index >= 15 is 0 Å². The number of nitrogens with zero attached hydrogens (tertiary/aromatic N) is 3. The Morgan fingerprint density at radius 3 is 2.65 bits per heavy atom. The van der Waals surface area contributed by atoms with Crippen molar-refractivity contribution in [1.82, 2.24) is 19.6 Å². The van der Waals surface area contributed by atoms with Crippen LogP contribution >= 0.6 is 11.8 Å².